The van der Waals surface area contributed by atoms with Gasteiger partial charge in [0.15, 0.2) is 0 Å². The second-order valence-corrected chi connectivity index (χ2v) is 6.72. The number of nitrogens with zero attached hydrogens (tertiary/aromatic N) is 2. The third kappa shape index (κ3) is 6.17. The van der Waals surface area contributed by atoms with Crippen molar-refractivity contribution in [3.63, 3.8) is 0 Å². The summed E-state index contributed by atoms with van der Waals surface area (Å²) in [6.07, 6.45) is 3.93. The van der Waals surface area contributed by atoms with Gasteiger partial charge in [-0.25, -0.2) is 0 Å². The molecule has 0 aromatic carbocycles. The molecular weight excluding hydrogens is 222 g/mol. The zero-order valence-electron chi connectivity index (χ0n) is 13.1. The maximum Gasteiger partial charge on any atom is 0.0252 e. The van der Waals surface area contributed by atoms with E-state index in [0.29, 0.717) is 6.04 Å². The average Bonchev–Trinajstić information content (AvgIpc) is 2.45. The molecule has 0 aromatic heterocycles. The number of rotatable bonds is 6. The molecule has 0 aliphatic carbocycles. The van der Waals surface area contributed by atoms with Crippen LogP contribution in [0.3, 0.4) is 0 Å². The Morgan fingerprint density at radius 2 is 2.00 bits per heavy atom. The van der Waals surface area contributed by atoms with Crippen LogP contribution in [-0.4, -0.2) is 61.2 Å². The topological polar surface area (TPSA) is 18.5 Å². The molecule has 0 unspecified atom stereocenters. The molecule has 0 bridgehead atoms. The highest BCUT2D eigenvalue weighted by molar-refractivity contribution is 4.84. The number of nitrogens with one attached hydrogen (secondary N) is 1. The maximum atomic E-state index is 3.62. The zero-order valence-corrected chi connectivity index (χ0v) is 13.1. The largest absolute Gasteiger partial charge is 0.310 e. The van der Waals surface area contributed by atoms with Crippen LogP contribution in [0.2, 0.25) is 0 Å². The highest BCUT2D eigenvalue weighted by Crippen LogP contribution is 2.11. The predicted molar refractivity (Wildman–Crippen MR) is 80.1 cm³/mol. The smallest absolute Gasteiger partial charge is 0.0252 e. The molecule has 3 nitrogen and oxygen atoms in total. The lowest BCUT2D eigenvalue weighted by Gasteiger charge is -2.30. The van der Waals surface area contributed by atoms with Gasteiger partial charge in [0.25, 0.3) is 0 Å². The van der Waals surface area contributed by atoms with Crippen molar-refractivity contribution in [2.24, 2.45) is 0 Å². The fraction of sp³-hybridized carbons (Fsp3) is 1.00. The summed E-state index contributed by atoms with van der Waals surface area (Å²) < 4.78 is 0. The van der Waals surface area contributed by atoms with Crippen molar-refractivity contribution >= 4 is 0 Å². The summed E-state index contributed by atoms with van der Waals surface area (Å²) in [4.78, 5) is 5.07. The van der Waals surface area contributed by atoms with Gasteiger partial charge in [0.2, 0.25) is 0 Å². The van der Waals surface area contributed by atoms with Gasteiger partial charge >= 0.3 is 0 Å². The van der Waals surface area contributed by atoms with Gasteiger partial charge in [-0.1, -0.05) is 0 Å². The zero-order chi connectivity index (χ0) is 13.6. The van der Waals surface area contributed by atoms with Crippen molar-refractivity contribution < 1.29 is 0 Å². The molecule has 1 aliphatic rings. The van der Waals surface area contributed by atoms with E-state index in [2.05, 4.69) is 49.9 Å². The summed E-state index contributed by atoms with van der Waals surface area (Å²) >= 11 is 0. The van der Waals surface area contributed by atoms with Crippen molar-refractivity contribution in [2.75, 3.05) is 39.8 Å². The molecule has 0 amide bonds. The van der Waals surface area contributed by atoms with E-state index in [9.17, 15) is 0 Å². The minimum atomic E-state index is 0.283. The average molecular weight is 255 g/mol. The summed E-state index contributed by atoms with van der Waals surface area (Å²) in [6, 6.07) is 0.673. The van der Waals surface area contributed by atoms with Gasteiger partial charge in [-0.3, -0.25) is 0 Å². The molecule has 108 valence electrons. The lowest BCUT2D eigenvalue weighted by molar-refractivity contribution is 0.216. The molecule has 0 saturated carbocycles. The summed E-state index contributed by atoms with van der Waals surface area (Å²) in [6.45, 7) is 15.3. The Morgan fingerprint density at radius 3 is 2.67 bits per heavy atom. The molecule has 1 N–H and O–H groups in total. The first-order valence-corrected chi connectivity index (χ1v) is 7.58. The van der Waals surface area contributed by atoms with Crippen molar-refractivity contribution in [2.45, 2.75) is 58.5 Å². The first kappa shape index (κ1) is 15.9. The van der Waals surface area contributed by atoms with E-state index in [4.69, 9.17) is 0 Å². The van der Waals surface area contributed by atoms with Crippen LogP contribution in [0.5, 0.6) is 0 Å². The monoisotopic (exact) mass is 255 g/mol. The lowest BCUT2D eigenvalue weighted by Crippen LogP contribution is -2.46. The Balaban J connectivity index is 2.18. The second-order valence-electron chi connectivity index (χ2n) is 6.72. The predicted octanol–water partition coefficient (Wildman–Crippen LogP) is 2.18. The van der Waals surface area contributed by atoms with E-state index in [1.165, 1.54) is 52.0 Å². The molecule has 3 heteroatoms. The molecule has 0 aromatic rings. The van der Waals surface area contributed by atoms with Crippen LogP contribution >= 0.6 is 0 Å². The standard InChI is InChI=1S/C15H33N3/c1-14(2)17(5)10-6-7-11-18-12-8-9-16-15(3,4)13-18/h14,16H,6-13H2,1-5H3. The molecule has 0 spiro atoms. The highest BCUT2D eigenvalue weighted by atomic mass is 15.2. The maximum absolute atomic E-state index is 3.62. The first-order chi connectivity index (χ1) is 8.41. The number of hydrogen-bond donors (Lipinski definition) is 1. The Bertz CT molecular complexity index is 226. The summed E-state index contributed by atoms with van der Waals surface area (Å²) in [5.41, 5.74) is 0.283. The minimum absolute atomic E-state index is 0.283. The molecule has 1 aliphatic heterocycles. The van der Waals surface area contributed by atoms with Crippen LogP contribution in [0, 0.1) is 0 Å². The van der Waals surface area contributed by atoms with E-state index < -0.39 is 0 Å². The Hall–Kier alpha value is -0.120. The molecular formula is C15H33N3. The SMILES string of the molecule is CC(C)N(C)CCCCN1CCCNC(C)(C)C1. The van der Waals surface area contributed by atoms with Gasteiger partial charge in [-0.2, -0.15) is 0 Å². The molecule has 0 radical (unpaired) electrons. The van der Waals surface area contributed by atoms with Crippen LogP contribution in [0.25, 0.3) is 0 Å². The molecule has 1 saturated heterocycles. The fourth-order valence-electron chi connectivity index (χ4n) is 2.57. The summed E-state index contributed by atoms with van der Waals surface area (Å²) in [5, 5.41) is 3.62. The van der Waals surface area contributed by atoms with Crippen LogP contribution in [0.1, 0.15) is 47.0 Å². The van der Waals surface area contributed by atoms with Crippen LogP contribution < -0.4 is 5.32 Å². The summed E-state index contributed by atoms with van der Waals surface area (Å²) in [7, 11) is 2.23. The van der Waals surface area contributed by atoms with Gasteiger partial charge in [0.05, 0.1) is 0 Å². The third-order valence-corrected chi connectivity index (χ3v) is 3.99. The molecule has 18 heavy (non-hydrogen) atoms. The molecule has 1 rings (SSSR count). The minimum Gasteiger partial charge on any atom is -0.310 e. The Labute approximate surface area is 114 Å². The van der Waals surface area contributed by atoms with Gasteiger partial charge < -0.3 is 15.1 Å². The normalized spacial score (nSPS) is 21.5. The Kier molecular flexibility index (Phi) is 6.61. The molecule has 1 heterocycles. The Morgan fingerprint density at radius 1 is 1.28 bits per heavy atom. The van der Waals surface area contributed by atoms with E-state index in [1.54, 1.807) is 0 Å². The second kappa shape index (κ2) is 7.46. The van der Waals surface area contributed by atoms with Crippen molar-refractivity contribution in [3.05, 3.63) is 0 Å². The van der Waals surface area contributed by atoms with Gasteiger partial charge in [0.1, 0.15) is 0 Å². The van der Waals surface area contributed by atoms with Crippen molar-refractivity contribution in [1.29, 1.82) is 0 Å². The van der Waals surface area contributed by atoms with Crippen molar-refractivity contribution in [3.8, 4) is 0 Å². The van der Waals surface area contributed by atoms with Gasteiger partial charge in [-0.15, -0.1) is 0 Å². The number of hydrogen-bond acceptors (Lipinski definition) is 3. The number of unbranched alkanes of at least 4 members (excludes halogenated alkanes) is 1. The van der Waals surface area contributed by atoms with Crippen LogP contribution in [-0.2, 0) is 0 Å². The van der Waals surface area contributed by atoms with E-state index in [-0.39, 0.29) is 5.54 Å². The van der Waals surface area contributed by atoms with Crippen LogP contribution in [0.4, 0.5) is 0 Å². The summed E-state index contributed by atoms with van der Waals surface area (Å²) in [5.74, 6) is 0. The lowest BCUT2D eigenvalue weighted by atomic mass is 10.1. The fourth-order valence-corrected chi connectivity index (χ4v) is 2.57. The van der Waals surface area contributed by atoms with E-state index >= 15 is 0 Å². The quantitative estimate of drug-likeness (QED) is 0.734. The first-order valence-electron chi connectivity index (χ1n) is 7.58. The van der Waals surface area contributed by atoms with E-state index in [1.807, 2.05) is 0 Å². The highest BCUT2D eigenvalue weighted by Gasteiger charge is 2.23. The van der Waals surface area contributed by atoms with Gasteiger partial charge in [0, 0.05) is 18.1 Å². The van der Waals surface area contributed by atoms with Gasteiger partial charge in [-0.05, 0) is 80.2 Å². The van der Waals surface area contributed by atoms with E-state index in [0.717, 1.165) is 0 Å². The van der Waals surface area contributed by atoms with Crippen LogP contribution in [0.15, 0.2) is 0 Å². The van der Waals surface area contributed by atoms with Crippen molar-refractivity contribution in [1.82, 2.24) is 15.1 Å². The molecule has 1 fully saturated rings. The molecule has 0 atom stereocenters. The third-order valence-electron chi connectivity index (χ3n) is 3.99.